The Hall–Kier alpha value is -2.42. The molecule has 0 saturated heterocycles. The molecule has 0 aromatic carbocycles. The lowest BCUT2D eigenvalue weighted by molar-refractivity contribution is -0.263. The van der Waals surface area contributed by atoms with E-state index in [1.807, 2.05) is 6.07 Å². The third kappa shape index (κ3) is 3.07. The summed E-state index contributed by atoms with van der Waals surface area (Å²) in [5.74, 6) is -0.184. The fourth-order valence-electron chi connectivity index (χ4n) is 3.64. The molecule has 0 spiro atoms. The number of hydrogen-bond donors (Lipinski definition) is 1. The predicted molar refractivity (Wildman–Crippen MR) is 93.5 cm³/mol. The number of carbonyl (C=O) groups is 1. The van der Waals surface area contributed by atoms with Gasteiger partial charge < -0.3 is 14.6 Å². The topological polar surface area (TPSA) is 71.2 Å². The second-order valence-corrected chi connectivity index (χ2v) is 7.79. The van der Waals surface area contributed by atoms with E-state index < -0.39 is 23.6 Å². The molecule has 0 unspecified atom stereocenters. The molecule has 150 valence electrons. The highest BCUT2D eigenvalue weighted by atomic mass is 19.4. The number of carbonyl (C=O) groups excluding carboxylic acids is 1. The number of rotatable bonds is 3. The number of aromatic nitrogens is 3. The minimum atomic E-state index is -4.85. The van der Waals surface area contributed by atoms with Crippen LogP contribution in [0.15, 0.2) is 24.5 Å². The average Bonchev–Trinajstić information content (AvgIpc) is 3.38. The summed E-state index contributed by atoms with van der Waals surface area (Å²) in [6.07, 6.45) is 0.249. The minimum Gasteiger partial charge on any atom is -0.374 e. The first-order valence-electron chi connectivity index (χ1n) is 9.20. The van der Waals surface area contributed by atoms with Gasteiger partial charge in [0.05, 0.1) is 30.0 Å². The van der Waals surface area contributed by atoms with Crippen molar-refractivity contribution in [1.82, 2.24) is 19.4 Å². The normalized spacial score (nSPS) is 21.9. The van der Waals surface area contributed by atoms with Crippen molar-refractivity contribution in [1.29, 1.82) is 0 Å². The van der Waals surface area contributed by atoms with Gasteiger partial charge in [-0.1, -0.05) is 0 Å². The summed E-state index contributed by atoms with van der Waals surface area (Å²) >= 11 is 0. The number of halogens is 3. The van der Waals surface area contributed by atoms with Gasteiger partial charge in [0.1, 0.15) is 0 Å². The largest absolute Gasteiger partial charge is 0.424 e. The quantitative estimate of drug-likeness (QED) is 0.868. The number of imidazole rings is 1. The van der Waals surface area contributed by atoms with E-state index in [1.165, 1.54) is 10.8 Å². The highest BCUT2D eigenvalue weighted by Gasteiger charge is 2.55. The van der Waals surface area contributed by atoms with Gasteiger partial charge in [0.15, 0.2) is 5.82 Å². The van der Waals surface area contributed by atoms with Crippen LogP contribution in [0.25, 0.3) is 0 Å². The summed E-state index contributed by atoms with van der Waals surface area (Å²) in [4.78, 5) is 22.6. The summed E-state index contributed by atoms with van der Waals surface area (Å²) in [5, 5.41) is 10.0. The number of aliphatic hydroxyl groups is 1. The molecule has 1 aliphatic heterocycles. The first kappa shape index (κ1) is 18.9. The summed E-state index contributed by atoms with van der Waals surface area (Å²) in [5.41, 5.74) is -1.17. The van der Waals surface area contributed by atoms with Gasteiger partial charge in [-0.15, -0.1) is 0 Å². The third-order valence-corrected chi connectivity index (χ3v) is 5.46. The first-order chi connectivity index (χ1) is 13.1. The molecule has 0 radical (unpaired) electrons. The highest BCUT2D eigenvalue weighted by molar-refractivity contribution is 5.94. The Labute approximate surface area is 160 Å². The molecule has 1 saturated carbocycles. The van der Waals surface area contributed by atoms with Crippen LogP contribution >= 0.6 is 0 Å². The first-order valence-corrected chi connectivity index (χ1v) is 9.20. The summed E-state index contributed by atoms with van der Waals surface area (Å²) in [6.45, 7) is 2.73. The zero-order valence-corrected chi connectivity index (χ0v) is 15.6. The molecular formula is C19H21F3N4O2. The van der Waals surface area contributed by atoms with E-state index in [0.29, 0.717) is 24.1 Å². The van der Waals surface area contributed by atoms with Crippen molar-refractivity contribution in [3.05, 3.63) is 47.3 Å². The van der Waals surface area contributed by atoms with Crippen LogP contribution in [-0.4, -0.2) is 43.2 Å². The lowest BCUT2D eigenvalue weighted by atomic mass is 10.0. The van der Waals surface area contributed by atoms with E-state index in [9.17, 15) is 23.1 Å². The highest BCUT2D eigenvalue weighted by Crippen LogP contribution is 2.40. The van der Waals surface area contributed by atoms with E-state index in [2.05, 4.69) is 9.97 Å². The average molecular weight is 394 g/mol. The maximum absolute atomic E-state index is 13.2. The van der Waals surface area contributed by atoms with Crippen LogP contribution in [0.4, 0.5) is 13.2 Å². The molecule has 2 atom stereocenters. The van der Waals surface area contributed by atoms with Crippen molar-refractivity contribution in [2.45, 2.75) is 57.0 Å². The van der Waals surface area contributed by atoms with Gasteiger partial charge in [-0.25, -0.2) is 4.98 Å². The molecule has 2 aromatic rings. The Balaban J connectivity index is 1.58. The van der Waals surface area contributed by atoms with Gasteiger partial charge in [0, 0.05) is 24.4 Å². The third-order valence-electron chi connectivity index (χ3n) is 5.46. The van der Waals surface area contributed by atoms with E-state index in [4.69, 9.17) is 0 Å². The second kappa shape index (κ2) is 6.30. The molecule has 0 bridgehead atoms. The maximum atomic E-state index is 13.2. The molecule has 4 rings (SSSR count). The molecule has 6 nitrogen and oxygen atoms in total. The lowest BCUT2D eigenvalue weighted by Crippen LogP contribution is -2.45. The van der Waals surface area contributed by atoms with Crippen molar-refractivity contribution in [3.8, 4) is 0 Å². The monoisotopic (exact) mass is 394 g/mol. The summed E-state index contributed by atoms with van der Waals surface area (Å²) in [7, 11) is 0. The van der Waals surface area contributed by atoms with Crippen LogP contribution in [0.3, 0.4) is 0 Å². The maximum Gasteiger partial charge on any atom is 0.424 e. The van der Waals surface area contributed by atoms with E-state index in [1.54, 1.807) is 24.1 Å². The number of pyridine rings is 1. The van der Waals surface area contributed by atoms with Gasteiger partial charge in [0.25, 0.3) is 5.91 Å². The van der Waals surface area contributed by atoms with Crippen molar-refractivity contribution in [3.63, 3.8) is 0 Å². The zero-order chi connectivity index (χ0) is 20.3. The van der Waals surface area contributed by atoms with Crippen molar-refractivity contribution in [2.24, 2.45) is 0 Å². The zero-order valence-electron chi connectivity index (χ0n) is 15.6. The predicted octanol–water partition coefficient (Wildman–Crippen LogP) is 3.14. The Morgan fingerprint density at radius 1 is 1.21 bits per heavy atom. The fraction of sp³-hybridized carbons (Fsp3) is 0.526. The van der Waals surface area contributed by atoms with Crippen molar-refractivity contribution in [2.75, 3.05) is 6.54 Å². The number of nitrogens with zero attached hydrogens (tertiary/aromatic N) is 4. The van der Waals surface area contributed by atoms with Crippen LogP contribution in [0.1, 0.15) is 66.2 Å². The molecule has 28 heavy (non-hydrogen) atoms. The van der Waals surface area contributed by atoms with Crippen LogP contribution in [-0.2, 0) is 12.1 Å². The van der Waals surface area contributed by atoms with Gasteiger partial charge in [-0.2, -0.15) is 13.2 Å². The molecule has 1 N–H and O–H groups in total. The Morgan fingerprint density at radius 3 is 2.50 bits per heavy atom. The SMILES string of the molecule is C[C@H]1CN(C(=O)c2ccc(C3CC3)nc2)Cc2cnc([C@@](C)(O)C(F)(F)F)n21. The Bertz CT molecular complexity index is 901. The van der Waals surface area contributed by atoms with Gasteiger partial charge >= 0.3 is 6.18 Å². The van der Waals surface area contributed by atoms with Gasteiger partial charge in [0.2, 0.25) is 5.60 Å². The summed E-state index contributed by atoms with van der Waals surface area (Å²) < 4.78 is 41.1. The lowest BCUT2D eigenvalue weighted by Gasteiger charge is -2.36. The minimum absolute atomic E-state index is 0.120. The molecule has 9 heteroatoms. The molecule has 2 aliphatic rings. The van der Waals surface area contributed by atoms with Crippen molar-refractivity contribution >= 4 is 5.91 Å². The number of fused-ring (bicyclic) bond motifs is 1. The fourth-order valence-corrected chi connectivity index (χ4v) is 3.64. The van der Waals surface area contributed by atoms with E-state index in [-0.39, 0.29) is 19.0 Å². The smallest absolute Gasteiger partial charge is 0.374 e. The molecule has 1 amide bonds. The molecule has 2 aromatic heterocycles. The molecule has 1 aliphatic carbocycles. The van der Waals surface area contributed by atoms with Crippen LogP contribution in [0.2, 0.25) is 0 Å². The van der Waals surface area contributed by atoms with Gasteiger partial charge in [-0.05, 0) is 38.8 Å². The van der Waals surface area contributed by atoms with Crippen LogP contribution in [0, 0.1) is 0 Å². The van der Waals surface area contributed by atoms with E-state index in [0.717, 1.165) is 18.5 Å². The Morgan fingerprint density at radius 2 is 1.93 bits per heavy atom. The van der Waals surface area contributed by atoms with Crippen LogP contribution < -0.4 is 0 Å². The number of alkyl halides is 3. The number of amides is 1. The molecule has 1 fully saturated rings. The van der Waals surface area contributed by atoms with Crippen molar-refractivity contribution < 1.29 is 23.1 Å². The summed E-state index contributed by atoms with van der Waals surface area (Å²) in [6, 6.07) is 3.15. The van der Waals surface area contributed by atoms with Crippen LogP contribution in [0.5, 0.6) is 0 Å². The van der Waals surface area contributed by atoms with Gasteiger partial charge in [-0.3, -0.25) is 9.78 Å². The Kier molecular flexibility index (Phi) is 4.26. The van der Waals surface area contributed by atoms with E-state index >= 15 is 0 Å². The second-order valence-electron chi connectivity index (χ2n) is 7.79. The molecule has 3 heterocycles. The molecular weight excluding hydrogens is 373 g/mol. The number of hydrogen-bond acceptors (Lipinski definition) is 4. The standard InChI is InChI=1S/C19H21F3N4O2/c1-11-9-25(16(27)13-5-6-15(23-7-13)12-3-4-12)10-14-8-24-17(26(11)14)18(2,28)19(20,21)22/h5-8,11-12,28H,3-4,9-10H2,1-2H3/t11-,18+/m0/s1.